The monoisotopic (exact) mass is 294 g/mol. The summed E-state index contributed by atoms with van der Waals surface area (Å²) in [4.78, 5) is 4.13. The Morgan fingerprint density at radius 1 is 1.41 bits per heavy atom. The number of hydrogen-bond acceptors (Lipinski definition) is 3. The maximum Gasteiger partial charge on any atom is 0.0492 e. The molecule has 2 rings (SSSR count). The van der Waals surface area contributed by atoms with Crippen molar-refractivity contribution in [2.24, 2.45) is 7.05 Å². The van der Waals surface area contributed by atoms with E-state index in [9.17, 15) is 0 Å². The summed E-state index contributed by atoms with van der Waals surface area (Å²) in [7, 11) is 1.97. The lowest BCUT2D eigenvalue weighted by atomic mass is 10.2. The molecule has 5 heteroatoms. The topological polar surface area (TPSA) is 42.7 Å². The third-order valence-electron chi connectivity index (χ3n) is 2.57. The lowest BCUT2D eigenvalue weighted by Crippen LogP contribution is -2.18. The number of aryl methyl sites for hydroxylation is 1. The van der Waals surface area contributed by atoms with Gasteiger partial charge in [0.05, 0.1) is 0 Å². The first-order chi connectivity index (χ1) is 8.25. The smallest absolute Gasteiger partial charge is 0.0492 e. The van der Waals surface area contributed by atoms with Crippen LogP contribution in [0.3, 0.4) is 0 Å². The van der Waals surface area contributed by atoms with Crippen LogP contribution < -0.4 is 5.32 Å². The molecule has 2 heterocycles. The molecule has 0 aliphatic heterocycles. The van der Waals surface area contributed by atoms with Crippen molar-refractivity contribution < 1.29 is 0 Å². The summed E-state index contributed by atoms with van der Waals surface area (Å²) < 4.78 is 2.92. The minimum Gasteiger partial charge on any atom is -0.312 e. The Balaban J connectivity index is 1.75. The van der Waals surface area contributed by atoms with E-state index in [1.54, 1.807) is 6.20 Å². The SMILES string of the molecule is Cn1nccc1CCNCc1cncc(Br)c1. The predicted molar refractivity (Wildman–Crippen MR) is 70.6 cm³/mol. The van der Waals surface area contributed by atoms with Gasteiger partial charge in [-0.05, 0) is 33.6 Å². The zero-order chi connectivity index (χ0) is 12.1. The Morgan fingerprint density at radius 2 is 2.29 bits per heavy atom. The molecule has 0 fully saturated rings. The van der Waals surface area contributed by atoms with Gasteiger partial charge in [-0.2, -0.15) is 5.10 Å². The molecule has 0 spiro atoms. The molecular weight excluding hydrogens is 280 g/mol. The van der Waals surface area contributed by atoms with Crippen LogP contribution in [0.25, 0.3) is 0 Å². The van der Waals surface area contributed by atoms with Crippen molar-refractivity contribution in [3.8, 4) is 0 Å². The highest BCUT2D eigenvalue weighted by molar-refractivity contribution is 9.10. The summed E-state index contributed by atoms with van der Waals surface area (Å²) in [5.74, 6) is 0. The summed E-state index contributed by atoms with van der Waals surface area (Å²) in [6, 6.07) is 4.12. The molecule has 0 saturated carbocycles. The molecular formula is C12H15BrN4. The lowest BCUT2D eigenvalue weighted by molar-refractivity contribution is 0.642. The molecule has 1 N–H and O–H groups in total. The Bertz CT molecular complexity index is 481. The molecule has 2 aromatic heterocycles. The van der Waals surface area contributed by atoms with Crippen LogP contribution in [-0.4, -0.2) is 21.3 Å². The van der Waals surface area contributed by atoms with Crippen molar-refractivity contribution in [1.82, 2.24) is 20.1 Å². The van der Waals surface area contributed by atoms with Gasteiger partial charge in [-0.25, -0.2) is 0 Å². The third-order valence-corrected chi connectivity index (χ3v) is 3.00. The number of hydrogen-bond donors (Lipinski definition) is 1. The third kappa shape index (κ3) is 3.64. The number of aromatic nitrogens is 3. The van der Waals surface area contributed by atoms with E-state index in [1.165, 1.54) is 11.3 Å². The molecule has 0 atom stereocenters. The number of rotatable bonds is 5. The highest BCUT2D eigenvalue weighted by atomic mass is 79.9. The minimum absolute atomic E-state index is 0.838. The molecule has 0 saturated heterocycles. The fraction of sp³-hybridized carbons (Fsp3) is 0.333. The van der Waals surface area contributed by atoms with Gasteiger partial charge in [0, 0.05) is 55.3 Å². The van der Waals surface area contributed by atoms with Gasteiger partial charge < -0.3 is 5.32 Å². The number of nitrogens with zero attached hydrogens (tertiary/aromatic N) is 3. The highest BCUT2D eigenvalue weighted by Crippen LogP contribution is 2.09. The number of halogens is 1. The van der Waals surface area contributed by atoms with E-state index in [0.717, 1.165) is 24.0 Å². The minimum atomic E-state index is 0.838. The van der Waals surface area contributed by atoms with Crippen molar-refractivity contribution in [1.29, 1.82) is 0 Å². The molecule has 90 valence electrons. The molecule has 0 aliphatic carbocycles. The second kappa shape index (κ2) is 5.93. The Hall–Kier alpha value is -1.20. The van der Waals surface area contributed by atoms with E-state index < -0.39 is 0 Å². The van der Waals surface area contributed by atoms with Crippen molar-refractivity contribution >= 4 is 15.9 Å². The van der Waals surface area contributed by atoms with E-state index in [1.807, 2.05) is 30.2 Å². The second-order valence-corrected chi connectivity index (χ2v) is 4.80. The summed E-state index contributed by atoms with van der Waals surface area (Å²) >= 11 is 3.41. The van der Waals surface area contributed by atoms with Crippen LogP contribution >= 0.6 is 15.9 Å². The quantitative estimate of drug-likeness (QED) is 0.857. The van der Waals surface area contributed by atoms with Crippen LogP contribution in [0.2, 0.25) is 0 Å². The number of pyridine rings is 1. The van der Waals surface area contributed by atoms with Gasteiger partial charge in [0.2, 0.25) is 0 Å². The zero-order valence-corrected chi connectivity index (χ0v) is 11.3. The fourth-order valence-corrected chi connectivity index (χ4v) is 2.06. The van der Waals surface area contributed by atoms with Gasteiger partial charge in [-0.15, -0.1) is 0 Å². The van der Waals surface area contributed by atoms with Crippen LogP contribution in [0.15, 0.2) is 35.2 Å². The van der Waals surface area contributed by atoms with Gasteiger partial charge >= 0.3 is 0 Å². The Kier molecular flexibility index (Phi) is 4.28. The van der Waals surface area contributed by atoms with Crippen molar-refractivity contribution in [2.75, 3.05) is 6.54 Å². The molecule has 0 unspecified atom stereocenters. The van der Waals surface area contributed by atoms with E-state index in [0.29, 0.717) is 0 Å². The van der Waals surface area contributed by atoms with Crippen LogP contribution in [-0.2, 0) is 20.0 Å². The average Bonchev–Trinajstić information content (AvgIpc) is 2.71. The predicted octanol–water partition coefficient (Wildman–Crippen LogP) is 1.91. The lowest BCUT2D eigenvalue weighted by Gasteiger charge is -2.05. The second-order valence-electron chi connectivity index (χ2n) is 3.88. The standard InChI is InChI=1S/C12H15BrN4/c1-17-12(3-5-16-17)2-4-14-7-10-6-11(13)9-15-8-10/h3,5-6,8-9,14H,2,4,7H2,1H3. The van der Waals surface area contributed by atoms with Crippen LogP contribution in [0.5, 0.6) is 0 Å². The summed E-state index contributed by atoms with van der Waals surface area (Å²) in [6.45, 7) is 1.77. The van der Waals surface area contributed by atoms with Gasteiger partial charge in [0.15, 0.2) is 0 Å². The van der Waals surface area contributed by atoms with E-state index in [2.05, 4.69) is 37.4 Å². The Morgan fingerprint density at radius 3 is 3.00 bits per heavy atom. The van der Waals surface area contributed by atoms with Crippen molar-refractivity contribution in [2.45, 2.75) is 13.0 Å². The molecule has 17 heavy (non-hydrogen) atoms. The fourth-order valence-electron chi connectivity index (χ4n) is 1.65. The molecule has 0 aromatic carbocycles. The summed E-state index contributed by atoms with van der Waals surface area (Å²) in [5.41, 5.74) is 2.43. The van der Waals surface area contributed by atoms with Crippen molar-refractivity contribution in [3.63, 3.8) is 0 Å². The Labute approximate surface area is 109 Å². The zero-order valence-electron chi connectivity index (χ0n) is 9.73. The van der Waals surface area contributed by atoms with Crippen LogP contribution in [0, 0.1) is 0 Å². The first-order valence-corrected chi connectivity index (χ1v) is 6.32. The first-order valence-electron chi connectivity index (χ1n) is 5.53. The van der Waals surface area contributed by atoms with E-state index >= 15 is 0 Å². The molecule has 2 aromatic rings. The average molecular weight is 295 g/mol. The van der Waals surface area contributed by atoms with Crippen LogP contribution in [0.4, 0.5) is 0 Å². The van der Waals surface area contributed by atoms with Gasteiger partial charge in [-0.3, -0.25) is 9.67 Å². The largest absolute Gasteiger partial charge is 0.312 e. The normalized spacial score (nSPS) is 10.7. The number of nitrogens with one attached hydrogen (secondary N) is 1. The first kappa shape index (κ1) is 12.3. The van der Waals surface area contributed by atoms with Crippen LogP contribution in [0.1, 0.15) is 11.3 Å². The highest BCUT2D eigenvalue weighted by Gasteiger charge is 1.98. The maximum absolute atomic E-state index is 4.14. The molecule has 0 aliphatic rings. The van der Waals surface area contributed by atoms with E-state index in [4.69, 9.17) is 0 Å². The van der Waals surface area contributed by atoms with Gasteiger partial charge in [-0.1, -0.05) is 0 Å². The van der Waals surface area contributed by atoms with Gasteiger partial charge in [0.25, 0.3) is 0 Å². The van der Waals surface area contributed by atoms with Gasteiger partial charge in [0.1, 0.15) is 0 Å². The van der Waals surface area contributed by atoms with Crippen molar-refractivity contribution in [3.05, 3.63) is 46.5 Å². The molecule has 0 radical (unpaired) electrons. The maximum atomic E-state index is 4.14. The van der Waals surface area contributed by atoms with E-state index in [-0.39, 0.29) is 0 Å². The summed E-state index contributed by atoms with van der Waals surface area (Å²) in [6.07, 6.45) is 6.48. The molecule has 0 amide bonds. The molecule has 4 nitrogen and oxygen atoms in total. The summed E-state index contributed by atoms with van der Waals surface area (Å²) in [5, 5.41) is 7.53. The molecule has 0 bridgehead atoms.